The van der Waals surface area contributed by atoms with Crippen LogP contribution in [0.15, 0.2) is 47.4 Å². The van der Waals surface area contributed by atoms with Gasteiger partial charge in [0, 0.05) is 25.3 Å². The highest BCUT2D eigenvalue weighted by Crippen LogP contribution is 2.18. The van der Waals surface area contributed by atoms with E-state index in [2.05, 4.69) is 9.62 Å². The lowest BCUT2D eigenvalue weighted by Gasteiger charge is -2.28. The second-order valence-electron chi connectivity index (χ2n) is 6.00. The van der Waals surface area contributed by atoms with Crippen LogP contribution in [0, 0.1) is 12.7 Å². The molecule has 25 heavy (non-hydrogen) atoms. The summed E-state index contributed by atoms with van der Waals surface area (Å²) in [4.78, 5) is 2.33. The number of halogens is 1. The average molecular weight is 364 g/mol. The van der Waals surface area contributed by atoms with Crippen LogP contribution >= 0.6 is 0 Å². The van der Waals surface area contributed by atoms with E-state index in [0.717, 1.165) is 43.6 Å². The molecule has 0 atom stereocenters. The fourth-order valence-corrected chi connectivity index (χ4v) is 4.06. The van der Waals surface area contributed by atoms with E-state index in [4.69, 9.17) is 4.74 Å². The SMILES string of the molecule is Cc1cc(F)ccc1S(=O)(=O)NCc1ccc(N2CCOCC2)cc1. The van der Waals surface area contributed by atoms with Crippen molar-refractivity contribution in [1.29, 1.82) is 0 Å². The topological polar surface area (TPSA) is 58.6 Å². The maximum Gasteiger partial charge on any atom is 0.241 e. The van der Waals surface area contributed by atoms with Crippen molar-refractivity contribution in [3.63, 3.8) is 0 Å². The Morgan fingerprint density at radius 3 is 2.44 bits per heavy atom. The van der Waals surface area contributed by atoms with E-state index in [1.54, 1.807) is 6.92 Å². The van der Waals surface area contributed by atoms with Crippen LogP contribution in [0.25, 0.3) is 0 Å². The van der Waals surface area contributed by atoms with Gasteiger partial charge in [-0.3, -0.25) is 0 Å². The van der Waals surface area contributed by atoms with E-state index in [1.165, 1.54) is 12.1 Å². The van der Waals surface area contributed by atoms with Gasteiger partial charge >= 0.3 is 0 Å². The molecule has 2 aromatic rings. The van der Waals surface area contributed by atoms with Crippen LogP contribution in [0.2, 0.25) is 0 Å². The predicted octanol–water partition coefficient (Wildman–Crippen LogP) is 2.45. The van der Waals surface area contributed by atoms with Crippen molar-refractivity contribution < 1.29 is 17.5 Å². The lowest BCUT2D eigenvalue weighted by Crippen LogP contribution is -2.36. The van der Waals surface area contributed by atoms with Gasteiger partial charge in [-0.05, 0) is 48.4 Å². The highest BCUT2D eigenvalue weighted by Gasteiger charge is 2.17. The molecule has 1 N–H and O–H groups in total. The van der Waals surface area contributed by atoms with Crippen molar-refractivity contribution in [3.05, 3.63) is 59.4 Å². The lowest BCUT2D eigenvalue weighted by molar-refractivity contribution is 0.122. The third-order valence-corrected chi connectivity index (χ3v) is 5.77. The maximum atomic E-state index is 13.2. The lowest BCUT2D eigenvalue weighted by atomic mass is 10.2. The molecule has 1 fully saturated rings. The van der Waals surface area contributed by atoms with Gasteiger partial charge in [-0.1, -0.05) is 12.1 Å². The monoisotopic (exact) mass is 364 g/mol. The molecule has 3 rings (SSSR count). The molecule has 5 nitrogen and oxygen atoms in total. The van der Waals surface area contributed by atoms with Crippen LogP contribution in [-0.4, -0.2) is 34.7 Å². The average Bonchev–Trinajstić information content (AvgIpc) is 2.61. The fraction of sp³-hybridized carbons (Fsp3) is 0.333. The van der Waals surface area contributed by atoms with Crippen LogP contribution in [0.1, 0.15) is 11.1 Å². The minimum absolute atomic E-state index is 0.0961. The molecular weight excluding hydrogens is 343 g/mol. The van der Waals surface area contributed by atoms with E-state index in [9.17, 15) is 12.8 Å². The standard InChI is InChI=1S/C18H21FN2O3S/c1-14-12-16(19)4-7-18(14)25(22,23)20-13-15-2-5-17(6-3-15)21-8-10-24-11-9-21/h2-7,12,20H,8-11,13H2,1H3. The van der Waals surface area contributed by atoms with Gasteiger partial charge in [-0.25, -0.2) is 17.5 Å². The summed E-state index contributed by atoms with van der Waals surface area (Å²) in [6.07, 6.45) is 0. The highest BCUT2D eigenvalue weighted by molar-refractivity contribution is 7.89. The zero-order valence-corrected chi connectivity index (χ0v) is 14.9. The number of hydrogen-bond acceptors (Lipinski definition) is 4. The Hall–Kier alpha value is -1.96. The number of benzene rings is 2. The van der Waals surface area contributed by atoms with Crippen molar-refractivity contribution in [2.24, 2.45) is 0 Å². The van der Waals surface area contributed by atoms with Crippen LogP contribution in [-0.2, 0) is 21.3 Å². The minimum atomic E-state index is -3.68. The van der Waals surface area contributed by atoms with E-state index in [1.807, 2.05) is 24.3 Å². The number of hydrogen-bond donors (Lipinski definition) is 1. The van der Waals surface area contributed by atoms with Crippen LogP contribution in [0.4, 0.5) is 10.1 Å². The normalized spacial score (nSPS) is 15.4. The highest BCUT2D eigenvalue weighted by atomic mass is 32.2. The van der Waals surface area contributed by atoms with Crippen molar-refractivity contribution in [3.8, 4) is 0 Å². The van der Waals surface area contributed by atoms with Crippen LogP contribution in [0.3, 0.4) is 0 Å². The molecule has 1 aliphatic rings. The number of nitrogens with one attached hydrogen (secondary N) is 1. The molecule has 134 valence electrons. The van der Waals surface area contributed by atoms with Crippen LogP contribution < -0.4 is 9.62 Å². The largest absolute Gasteiger partial charge is 0.378 e. The number of nitrogens with zero attached hydrogens (tertiary/aromatic N) is 1. The minimum Gasteiger partial charge on any atom is -0.378 e. The summed E-state index contributed by atoms with van der Waals surface area (Å²) < 4.78 is 45.8. The molecule has 0 aromatic heterocycles. The molecule has 7 heteroatoms. The summed E-state index contributed by atoms with van der Waals surface area (Å²) in [5.74, 6) is -0.449. The van der Waals surface area contributed by atoms with Crippen molar-refractivity contribution in [2.45, 2.75) is 18.4 Å². The molecule has 0 unspecified atom stereocenters. The summed E-state index contributed by atoms with van der Waals surface area (Å²) in [5.41, 5.74) is 2.35. The van der Waals surface area contributed by atoms with E-state index < -0.39 is 15.8 Å². The summed E-state index contributed by atoms with van der Waals surface area (Å²) >= 11 is 0. The van der Waals surface area contributed by atoms with Gasteiger partial charge in [0.25, 0.3) is 0 Å². The molecule has 0 aliphatic carbocycles. The third-order valence-electron chi connectivity index (χ3n) is 4.21. The Kier molecular flexibility index (Phi) is 5.36. The first kappa shape index (κ1) is 17.8. The Morgan fingerprint density at radius 1 is 1.12 bits per heavy atom. The van der Waals surface area contributed by atoms with E-state index in [0.29, 0.717) is 5.56 Å². The smallest absolute Gasteiger partial charge is 0.241 e. The van der Waals surface area contributed by atoms with Gasteiger partial charge < -0.3 is 9.64 Å². The fourth-order valence-electron chi connectivity index (χ4n) is 2.82. The number of morpholine rings is 1. The van der Waals surface area contributed by atoms with Gasteiger partial charge in [-0.2, -0.15) is 0 Å². The molecule has 1 saturated heterocycles. The number of rotatable bonds is 5. The summed E-state index contributed by atoms with van der Waals surface area (Å²) in [6, 6.07) is 11.4. The van der Waals surface area contributed by atoms with Gasteiger partial charge in [0.15, 0.2) is 0 Å². The summed E-state index contributed by atoms with van der Waals surface area (Å²) in [5, 5.41) is 0. The molecule has 1 heterocycles. The Labute approximate surface area is 147 Å². The summed E-state index contributed by atoms with van der Waals surface area (Å²) in [6.45, 7) is 4.92. The Morgan fingerprint density at radius 2 is 1.80 bits per heavy atom. The maximum absolute atomic E-state index is 13.2. The molecule has 0 bridgehead atoms. The first-order valence-electron chi connectivity index (χ1n) is 8.13. The predicted molar refractivity (Wildman–Crippen MR) is 94.6 cm³/mol. The van der Waals surface area contributed by atoms with E-state index >= 15 is 0 Å². The van der Waals surface area contributed by atoms with Crippen molar-refractivity contribution >= 4 is 15.7 Å². The molecule has 0 spiro atoms. The molecule has 2 aromatic carbocycles. The second kappa shape index (κ2) is 7.51. The second-order valence-corrected chi connectivity index (χ2v) is 7.74. The number of ether oxygens (including phenoxy) is 1. The zero-order valence-electron chi connectivity index (χ0n) is 14.0. The zero-order chi connectivity index (χ0) is 17.9. The molecule has 1 aliphatic heterocycles. The third kappa shape index (κ3) is 4.36. The molecule has 0 radical (unpaired) electrons. The molecular formula is C18H21FN2O3S. The Balaban J connectivity index is 1.66. The number of aryl methyl sites for hydroxylation is 1. The van der Waals surface area contributed by atoms with Gasteiger partial charge in [-0.15, -0.1) is 0 Å². The Bertz CT molecular complexity index is 832. The van der Waals surface area contributed by atoms with Gasteiger partial charge in [0.1, 0.15) is 5.82 Å². The van der Waals surface area contributed by atoms with Gasteiger partial charge in [0.05, 0.1) is 18.1 Å². The quantitative estimate of drug-likeness (QED) is 0.885. The first-order chi connectivity index (χ1) is 12.0. The van der Waals surface area contributed by atoms with E-state index in [-0.39, 0.29) is 11.4 Å². The molecule has 0 amide bonds. The first-order valence-corrected chi connectivity index (χ1v) is 9.61. The molecule has 0 saturated carbocycles. The van der Waals surface area contributed by atoms with Crippen molar-refractivity contribution in [1.82, 2.24) is 4.72 Å². The summed E-state index contributed by atoms with van der Waals surface area (Å²) in [7, 11) is -3.68. The van der Waals surface area contributed by atoms with Gasteiger partial charge in [0.2, 0.25) is 10.0 Å². The number of anilines is 1. The van der Waals surface area contributed by atoms with Crippen LogP contribution in [0.5, 0.6) is 0 Å². The number of sulfonamides is 1. The van der Waals surface area contributed by atoms with Crippen molar-refractivity contribution in [2.75, 3.05) is 31.2 Å².